The Morgan fingerprint density at radius 1 is 1.38 bits per heavy atom. The van der Waals surface area contributed by atoms with Crippen LogP contribution in [0.1, 0.15) is 0 Å². The molecule has 2 heterocycles. The summed E-state index contributed by atoms with van der Waals surface area (Å²) >= 11 is 1.50. The van der Waals surface area contributed by atoms with Gasteiger partial charge in [-0.1, -0.05) is 0 Å². The second-order valence-corrected chi connectivity index (χ2v) is 4.48. The van der Waals surface area contributed by atoms with Gasteiger partial charge in [0.2, 0.25) is 6.41 Å². The van der Waals surface area contributed by atoms with E-state index in [0.29, 0.717) is 26.2 Å². The van der Waals surface area contributed by atoms with Crippen LogP contribution in [0.3, 0.4) is 0 Å². The summed E-state index contributed by atoms with van der Waals surface area (Å²) in [4.78, 5) is 25.7. The molecule has 0 atom stereocenters. The lowest BCUT2D eigenvalue weighted by Crippen LogP contribution is -2.49. The van der Waals surface area contributed by atoms with Gasteiger partial charge in [-0.15, -0.1) is 11.3 Å². The van der Waals surface area contributed by atoms with Crippen LogP contribution in [0.4, 0.5) is 9.80 Å². The van der Waals surface area contributed by atoms with Gasteiger partial charge in [0.25, 0.3) is 0 Å². The van der Waals surface area contributed by atoms with Crippen LogP contribution in [-0.2, 0) is 4.79 Å². The first-order valence-corrected chi connectivity index (χ1v) is 5.96. The number of urea groups is 1. The normalized spacial score (nSPS) is 16.0. The van der Waals surface area contributed by atoms with E-state index < -0.39 is 0 Å². The van der Waals surface area contributed by atoms with E-state index >= 15 is 0 Å². The van der Waals surface area contributed by atoms with Crippen LogP contribution in [0.15, 0.2) is 17.5 Å². The molecule has 5 nitrogen and oxygen atoms in total. The summed E-state index contributed by atoms with van der Waals surface area (Å²) < 4.78 is 0. The summed E-state index contributed by atoms with van der Waals surface area (Å²) in [5.41, 5.74) is 0. The Morgan fingerprint density at radius 2 is 2.12 bits per heavy atom. The van der Waals surface area contributed by atoms with Gasteiger partial charge in [0.05, 0.1) is 5.00 Å². The molecule has 2 rings (SSSR count). The van der Waals surface area contributed by atoms with Gasteiger partial charge in [-0.3, -0.25) is 10.1 Å². The maximum absolute atomic E-state index is 11.8. The van der Waals surface area contributed by atoms with E-state index in [0.717, 1.165) is 11.4 Å². The van der Waals surface area contributed by atoms with Gasteiger partial charge in [-0.25, -0.2) is 4.79 Å². The molecule has 0 aliphatic carbocycles. The zero-order chi connectivity index (χ0) is 11.4. The molecule has 0 saturated carbocycles. The molecule has 1 aromatic heterocycles. The molecule has 1 fully saturated rings. The van der Waals surface area contributed by atoms with E-state index in [1.54, 1.807) is 9.80 Å². The number of piperazine rings is 1. The molecule has 0 aromatic carbocycles. The van der Waals surface area contributed by atoms with Gasteiger partial charge in [0.1, 0.15) is 0 Å². The molecule has 0 spiro atoms. The smallest absolute Gasteiger partial charge is 0.322 e. The van der Waals surface area contributed by atoms with E-state index in [2.05, 4.69) is 5.32 Å². The molecule has 3 amide bonds. The number of amides is 3. The van der Waals surface area contributed by atoms with Crippen LogP contribution in [0, 0.1) is 0 Å². The minimum absolute atomic E-state index is 0.0898. The second kappa shape index (κ2) is 4.98. The average Bonchev–Trinajstić information content (AvgIpc) is 2.82. The SMILES string of the molecule is O=CN1CCN(C(=O)Nc2cccs2)CC1. The Hall–Kier alpha value is -1.56. The Kier molecular flexibility index (Phi) is 3.40. The van der Waals surface area contributed by atoms with Gasteiger partial charge < -0.3 is 9.80 Å². The van der Waals surface area contributed by atoms with Crippen molar-refractivity contribution in [2.75, 3.05) is 31.5 Å². The molecular weight excluding hydrogens is 226 g/mol. The number of anilines is 1. The van der Waals surface area contributed by atoms with Crippen molar-refractivity contribution in [2.24, 2.45) is 0 Å². The summed E-state index contributed by atoms with van der Waals surface area (Å²) in [6.07, 6.45) is 0.828. The van der Waals surface area contributed by atoms with Crippen molar-refractivity contribution in [2.45, 2.75) is 0 Å². The standard InChI is InChI=1S/C10H13N3O2S/c14-8-12-3-5-13(6-4-12)10(15)11-9-2-1-7-16-9/h1-2,7-8H,3-6H2,(H,11,15). The molecule has 16 heavy (non-hydrogen) atoms. The number of nitrogens with zero attached hydrogens (tertiary/aromatic N) is 2. The van der Waals surface area contributed by atoms with Gasteiger partial charge in [0.15, 0.2) is 0 Å². The lowest BCUT2D eigenvalue weighted by Gasteiger charge is -2.32. The maximum atomic E-state index is 11.8. The van der Waals surface area contributed by atoms with Crippen LogP contribution >= 0.6 is 11.3 Å². The van der Waals surface area contributed by atoms with Crippen molar-refractivity contribution in [3.05, 3.63) is 17.5 Å². The monoisotopic (exact) mass is 239 g/mol. The van der Waals surface area contributed by atoms with E-state index in [-0.39, 0.29) is 6.03 Å². The molecule has 1 N–H and O–H groups in total. The van der Waals surface area contributed by atoms with Crippen LogP contribution in [0.2, 0.25) is 0 Å². The predicted octanol–water partition coefficient (Wildman–Crippen LogP) is 1.05. The second-order valence-electron chi connectivity index (χ2n) is 3.54. The number of nitrogens with one attached hydrogen (secondary N) is 1. The number of rotatable bonds is 2. The average molecular weight is 239 g/mol. The Labute approximate surface area is 97.6 Å². The van der Waals surface area contributed by atoms with Crippen molar-refractivity contribution in [3.63, 3.8) is 0 Å². The first-order chi connectivity index (χ1) is 7.79. The summed E-state index contributed by atoms with van der Waals surface area (Å²) in [6, 6.07) is 3.67. The molecule has 0 radical (unpaired) electrons. The molecule has 6 heteroatoms. The van der Waals surface area contributed by atoms with E-state index in [1.807, 2.05) is 17.5 Å². The molecule has 1 aromatic rings. The number of carbonyl (C=O) groups is 2. The third kappa shape index (κ3) is 2.52. The third-order valence-electron chi connectivity index (χ3n) is 2.50. The minimum atomic E-state index is -0.0898. The van der Waals surface area contributed by atoms with Gasteiger partial charge in [0, 0.05) is 26.2 Å². The fourth-order valence-corrected chi connectivity index (χ4v) is 2.17. The molecule has 1 aliphatic heterocycles. The van der Waals surface area contributed by atoms with E-state index in [9.17, 15) is 9.59 Å². The highest BCUT2D eigenvalue weighted by Crippen LogP contribution is 2.15. The summed E-state index contributed by atoms with van der Waals surface area (Å²) in [7, 11) is 0. The molecule has 0 unspecified atom stereocenters. The third-order valence-corrected chi connectivity index (χ3v) is 3.29. The van der Waals surface area contributed by atoms with Gasteiger partial charge in [-0.05, 0) is 17.5 Å². The highest BCUT2D eigenvalue weighted by molar-refractivity contribution is 7.14. The Morgan fingerprint density at radius 3 is 2.69 bits per heavy atom. The van der Waals surface area contributed by atoms with Gasteiger partial charge in [-0.2, -0.15) is 0 Å². The quantitative estimate of drug-likeness (QED) is 0.784. The highest BCUT2D eigenvalue weighted by Gasteiger charge is 2.19. The van der Waals surface area contributed by atoms with Crippen LogP contribution in [-0.4, -0.2) is 48.4 Å². The lowest BCUT2D eigenvalue weighted by atomic mass is 10.3. The number of hydrogen-bond acceptors (Lipinski definition) is 3. The maximum Gasteiger partial charge on any atom is 0.322 e. The Balaban J connectivity index is 1.84. The fourth-order valence-electron chi connectivity index (χ4n) is 1.56. The van der Waals surface area contributed by atoms with Crippen LogP contribution in [0.5, 0.6) is 0 Å². The largest absolute Gasteiger partial charge is 0.342 e. The van der Waals surface area contributed by atoms with E-state index in [1.165, 1.54) is 11.3 Å². The van der Waals surface area contributed by atoms with Crippen molar-refractivity contribution in [3.8, 4) is 0 Å². The molecule has 0 bridgehead atoms. The van der Waals surface area contributed by atoms with Crippen molar-refractivity contribution in [1.29, 1.82) is 0 Å². The van der Waals surface area contributed by atoms with Crippen molar-refractivity contribution >= 4 is 28.8 Å². The predicted molar refractivity (Wildman–Crippen MR) is 62.5 cm³/mol. The van der Waals surface area contributed by atoms with Crippen molar-refractivity contribution in [1.82, 2.24) is 9.80 Å². The molecule has 1 saturated heterocycles. The number of carbonyl (C=O) groups excluding carboxylic acids is 2. The first-order valence-electron chi connectivity index (χ1n) is 5.08. The van der Waals surface area contributed by atoms with Gasteiger partial charge >= 0.3 is 6.03 Å². The minimum Gasteiger partial charge on any atom is -0.342 e. The summed E-state index contributed by atoms with van der Waals surface area (Å²) in [5, 5.41) is 5.59. The Bertz CT molecular complexity index is 358. The number of thiophene rings is 1. The van der Waals surface area contributed by atoms with Crippen LogP contribution < -0.4 is 5.32 Å². The fraction of sp³-hybridized carbons (Fsp3) is 0.400. The van der Waals surface area contributed by atoms with Crippen molar-refractivity contribution < 1.29 is 9.59 Å². The first kappa shape index (κ1) is 10.9. The van der Waals surface area contributed by atoms with E-state index in [4.69, 9.17) is 0 Å². The molecule has 1 aliphatic rings. The topological polar surface area (TPSA) is 52.7 Å². The summed E-state index contributed by atoms with van der Waals surface area (Å²) in [5.74, 6) is 0. The summed E-state index contributed by atoms with van der Waals surface area (Å²) in [6.45, 7) is 2.41. The lowest BCUT2D eigenvalue weighted by molar-refractivity contribution is -0.119. The van der Waals surface area contributed by atoms with Crippen LogP contribution in [0.25, 0.3) is 0 Å². The highest BCUT2D eigenvalue weighted by atomic mass is 32.1. The zero-order valence-electron chi connectivity index (χ0n) is 8.76. The molecular formula is C10H13N3O2S. The number of hydrogen-bond donors (Lipinski definition) is 1. The molecule has 86 valence electrons. The zero-order valence-corrected chi connectivity index (χ0v) is 9.57.